The van der Waals surface area contributed by atoms with Crippen molar-refractivity contribution in [2.75, 3.05) is 6.54 Å². The van der Waals surface area contributed by atoms with Crippen LogP contribution in [-0.4, -0.2) is 15.0 Å². The summed E-state index contributed by atoms with van der Waals surface area (Å²) in [4.78, 5) is 0.399. The Morgan fingerprint density at radius 2 is 1.89 bits per heavy atom. The Morgan fingerprint density at radius 1 is 1.22 bits per heavy atom. The van der Waals surface area contributed by atoms with Gasteiger partial charge in [0.1, 0.15) is 0 Å². The number of hydrogen-bond acceptors (Lipinski definition) is 2. The Hall–Kier alpha value is -0.870. The number of benzene rings is 1. The number of rotatable bonds is 5. The fourth-order valence-corrected chi connectivity index (χ4v) is 3.92. The average Bonchev–Trinajstić information content (AvgIpc) is 2.82. The molecule has 2 rings (SSSR count). The molecule has 0 spiro atoms. The van der Waals surface area contributed by atoms with Crippen molar-refractivity contribution in [1.29, 1.82) is 0 Å². The topological polar surface area (TPSA) is 46.2 Å². The van der Waals surface area contributed by atoms with E-state index in [2.05, 4.69) is 4.72 Å². The Labute approximate surface area is 110 Å². The van der Waals surface area contributed by atoms with E-state index < -0.39 is 10.0 Å². The van der Waals surface area contributed by atoms with Crippen LogP contribution in [0.5, 0.6) is 0 Å². The number of aryl methyl sites for hydroxylation is 1. The molecule has 4 heteroatoms. The van der Waals surface area contributed by atoms with E-state index in [1.165, 1.54) is 25.7 Å². The summed E-state index contributed by atoms with van der Waals surface area (Å²) in [5.74, 6) is 0.713. The Bertz CT molecular complexity index is 490. The summed E-state index contributed by atoms with van der Waals surface area (Å²) in [6.45, 7) is 2.38. The van der Waals surface area contributed by atoms with Crippen molar-refractivity contribution in [2.45, 2.75) is 43.9 Å². The van der Waals surface area contributed by atoms with Gasteiger partial charge in [-0.1, -0.05) is 43.9 Å². The van der Waals surface area contributed by atoms with Crippen molar-refractivity contribution in [2.24, 2.45) is 5.92 Å². The SMILES string of the molecule is Cc1ccccc1S(=O)(=O)NCCC1CCCC1. The zero-order valence-electron chi connectivity index (χ0n) is 10.9. The van der Waals surface area contributed by atoms with Crippen molar-refractivity contribution in [3.05, 3.63) is 29.8 Å². The first kappa shape index (κ1) is 13.6. The molecule has 18 heavy (non-hydrogen) atoms. The van der Waals surface area contributed by atoms with E-state index in [4.69, 9.17) is 0 Å². The van der Waals surface area contributed by atoms with E-state index >= 15 is 0 Å². The normalized spacial score (nSPS) is 17.2. The Morgan fingerprint density at radius 3 is 2.56 bits per heavy atom. The van der Waals surface area contributed by atoms with Crippen molar-refractivity contribution in [1.82, 2.24) is 4.72 Å². The minimum atomic E-state index is -3.33. The highest BCUT2D eigenvalue weighted by Crippen LogP contribution is 2.27. The summed E-state index contributed by atoms with van der Waals surface area (Å²) in [5, 5.41) is 0. The molecular weight excluding hydrogens is 246 g/mol. The van der Waals surface area contributed by atoms with Gasteiger partial charge in [0.2, 0.25) is 10.0 Å². The van der Waals surface area contributed by atoms with Gasteiger partial charge in [0, 0.05) is 6.54 Å². The molecule has 0 amide bonds. The second-order valence-electron chi connectivity index (χ2n) is 5.10. The molecule has 100 valence electrons. The third kappa shape index (κ3) is 3.33. The lowest BCUT2D eigenvalue weighted by atomic mass is 10.1. The Kier molecular flexibility index (Phi) is 4.40. The lowest BCUT2D eigenvalue weighted by Crippen LogP contribution is -2.26. The first-order chi connectivity index (χ1) is 8.59. The maximum absolute atomic E-state index is 12.1. The van der Waals surface area contributed by atoms with E-state index in [-0.39, 0.29) is 0 Å². The van der Waals surface area contributed by atoms with Gasteiger partial charge in [0.05, 0.1) is 4.90 Å². The van der Waals surface area contributed by atoms with Gasteiger partial charge in [-0.2, -0.15) is 0 Å². The smallest absolute Gasteiger partial charge is 0.211 e. The highest BCUT2D eigenvalue weighted by atomic mass is 32.2. The van der Waals surface area contributed by atoms with Crippen LogP contribution in [0.4, 0.5) is 0 Å². The molecule has 0 bridgehead atoms. The molecule has 0 aromatic heterocycles. The number of nitrogens with one attached hydrogen (secondary N) is 1. The van der Waals surface area contributed by atoms with Crippen LogP contribution in [-0.2, 0) is 10.0 Å². The van der Waals surface area contributed by atoms with Crippen LogP contribution in [0.1, 0.15) is 37.7 Å². The molecule has 3 nitrogen and oxygen atoms in total. The van der Waals surface area contributed by atoms with E-state index in [1.54, 1.807) is 12.1 Å². The van der Waals surface area contributed by atoms with Gasteiger partial charge in [0.15, 0.2) is 0 Å². The summed E-state index contributed by atoms with van der Waals surface area (Å²) < 4.78 is 26.9. The summed E-state index contributed by atoms with van der Waals surface area (Å²) in [6.07, 6.45) is 6.08. The van der Waals surface area contributed by atoms with Crippen LogP contribution in [0.3, 0.4) is 0 Å². The predicted molar refractivity (Wildman–Crippen MR) is 72.9 cm³/mol. The fraction of sp³-hybridized carbons (Fsp3) is 0.571. The van der Waals surface area contributed by atoms with Crippen LogP contribution in [0.15, 0.2) is 29.2 Å². The number of sulfonamides is 1. The molecule has 1 aliphatic carbocycles. The van der Waals surface area contributed by atoms with Gasteiger partial charge < -0.3 is 0 Å². The quantitative estimate of drug-likeness (QED) is 0.891. The molecule has 0 atom stereocenters. The molecule has 0 radical (unpaired) electrons. The first-order valence-corrected chi connectivity index (χ1v) is 8.13. The van der Waals surface area contributed by atoms with Gasteiger partial charge in [-0.3, -0.25) is 0 Å². The number of hydrogen-bond donors (Lipinski definition) is 1. The van der Waals surface area contributed by atoms with Gasteiger partial charge in [-0.25, -0.2) is 13.1 Å². The van der Waals surface area contributed by atoms with Crippen molar-refractivity contribution >= 4 is 10.0 Å². The van der Waals surface area contributed by atoms with Crippen LogP contribution >= 0.6 is 0 Å². The summed E-state index contributed by atoms with van der Waals surface area (Å²) in [5.41, 5.74) is 0.797. The molecule has 1 aromatic carbocycles. The molecule has 0 saturated heterocycles. The molecule has 1 aromatic rings. The monoisotopic (exact) mass is 267 g/mol. The fourth-order valence-electron chi connectivity index (χ4n) is 2.63. The molecule has 0 aliphatic heterocycles. The first-order valence-electron chi connectivity index (χ1n) is 6.65. The minimum Gasteiger partial charge on any atom is -0.211 e. The lowest BCUT2D eigenvalue weighted by molar-refractivity contribution is 0.495. The summed E-state index contributed by atoms with van der Waals surface area (Å²) in [7, 11) is -3.33. The maximum Gasteiger partial charge on any atom is 0.240 e. The Balaban J connectivity index is 1.93. The van der Waals surface area contributed by atoms with Crippen LogP contribution in [0.25, 0.3) is 0 Å². The minimum absolute atomic E-state index is 0.399. The molecule has 0 unspecified atom stereocenters. The largest absolute Gasteiger partial charge is 0.240 e. The van der Waals surface area contributed by atoms with Gasteiger partial charge in [-0.15, -0.1) is 0 Å². The van der Waals surface area contributed by atoms with E-state index in [0.717, 1.165) is 12.0 Å². The van der Waals surface area contributed by atoms with Crippen molar-refractivity contribution in [3.63, 3.8) is 0 Å². The second kappa shape index (κ2) is 5.85. The summed E-state index contributed by atoms with van der Waals surface area (Å²) >= 11 is 0. The molecule has 1 aliphatic rings. The van der Waals surface area contributed by atoms with E-state index in [1.807, 2.05) is 19.1 Å². The second-order valence-corrected chi connectivity index (χ2v) is 6.84. The third-order valence-corrected chi connectivity index (χ3v) is 5.32. The highest BCUT2D eigenvalue weighted by molar-refractivity contribution is 7.89. The van der Waals surface area contributed by atoms with Crippen LogP contribution in [0.2, 0.25) is 0 Å². The zero-order valence-corrected chi connectivity index (χ0v) is 11.7. The van der Waals surface area contributed by atoms with Crippen LogP contribution < -0.4 is 4.72 Å². The highest BCUT2D eigenvalue weighted by Gasteiger charge is 2.18. The van der Waals surface area contributed by atoms with Crippen LogP contribution in [0, 0.1) is 12.8 Å². The predicted octanol–water partition coefficient (Wildman–Crippen LogP) is 2.85. The van der Waals surface area contributed by atoms with Crippen molar-refractivity contribution < 1.29 is 8.42 Å². The lowest BCUT2D eigenvalue weighted by Gasteiger charge is -2.11. The molecule has 1 fully saturated rings. The molecule has 0 heterocycles. The standard InChI is InChI=1S/C14H21NO2S/c1-12-6-2-5-9-14(12)18(16,17)15-11-10-13-7-3-4-8-13/h2,5-6,9,13,15H,3-4,7-8,10-11H2,1H3. The van der Waals surface area contributed by atoms with Gasteiger partial charge in [0.25, 0.3) is 0 Å². The molecule has 1 saturated carbocycles. The zero-order chi connectivity index (χ0) is 13.0. The van der Waals surface area contributed by atoms with E-state index in [0.29, 0.717) is 17.4 Å². The molecule has 1 N–H and O–H groups in total. The van der Waals surface area contributed by atoms with Crippen molar-refractivity contribution in [3.8, 4) is 0 Å². The van der Waals surface area contributed by atoms with E-state index in [9.17, 15) is 8.42 Å². The van der Waals surface area contributed by atoms with Gasteiger partial charge >= 0.3 is 0 Å². The summed E-state index contributed by atoms with van der Waals surface area (Å²) in [6, 6.07) is 7.10. The van der Waals surface area contributed by atoms with Gasteiger partial charge in [-0.05, 0) is 30.9 Å². The maximum atomic E-state index is 12.1. The molecular formula is C14H21NO2S. The average molecular weight is 267 g/mol. The third-order valence-electron chi connectivity index (χ3n) is 3.70.